The summed E-state index contributed by atoms with van der Waals surface area (Å²) in [5.74, 6) is 0.208. The highest BCUT2D eigenvalue weighted by Gasteiger charge is 2.09. The SMILES string of the molecule is O=[N+]([O-])c1ccc(C=CBr)o1. The van der Waals surface area contributed by atoms with Crippen molar-refractivity contribution in [3.05, 3.63) is 33.0 Å². The Morgan fingerprint density at radius 1 is 1.64 bits per heavy atom. The molecule has 58 valence electrons. The van der Waals surface area contributed by atoms with Crippen LogP contribution in [0.5, 0.6) is 0 Å². The minimum Gasteiger partial charge on any atom is -0.401 e. The highest BCUT2D eigenvalue weighted by atomic mass is 79.9. The molecule has 0 atom stereocenters. The molecule has 0 spiro atoms. The molecule has 11 heavy (non-hydrogen) atoms. The standard InChI is InChI=1S/C6H4BrNO3/c7-4-3-5-1-2-6(11-5)8(9)10/h1-4H. The van der Waals surface area contributed by atoms with Gasteiger partial charge < -0.3 is 4.42 Å². The van der Waals surface area contributed by atoms with Crippen LogP contribution < -0.4 is 0 Å². The van der Waals surface area contributed by atoms with Gasteiger partial charge in [0.25, 0.3) is 0 Å². The molecule has 1 heterocycles. The zero-order valence-electron chi connectivity index (χ0n) is 5.36. The van der Waals surface area contributed by atoms with Gasteiger partial charge in [-0.15, -0.1) is 0 Å². The highest BCUT2D eigenvalue weighted by Crippen LogP contribution is 2.16. The van der Waals surface area contributed by atoms with Crippen molar-refractivity contribution in [1.29, 1.82) is 0 Å². The third-order valence-electron chi connectivity index (χ3n) is 1.02. The lowest BCUT2D eigenvalue weighted by Gasteiger charge is -1.81. The maximum absolute atomic E-state index is 10.1. The molecule has 0 saturated heterocycles. The van der Waals surface area contributed by atoms with Crippen molar-refractivity contribution in [2.45, 2.75) is 0 Å². The molecule has 0 aliphatic rings. The van der Waals surface area contributed by atoms with Crippen molar-refractivity contribution < 1.29 is 9.34 Å². The van der Waals surface area contributed by atoms with Crippen molar-refractivity contribution >= 4 is 27.9 Å². The number of hydrogen-bond acceptors (Lipinski definition) is 3. The van der Waals surface area contributed by atoms with Crippen LogP contribution >= 0.6 is 15.9 Å². The first-order valence-electron chi connectivity index (χ1n) is 2.75. The highest BCUT2D eigenvalue weighted by molar-refractivity contribution is 9.11. The first-order chi connectivity index (χ1) is 5.24. The lowest BCUT2D eigenvalue weighted by Crippen LogP contribution is -1.82. The monoisotopic (exact) mass is 217 g/mol. The minimum absolute atomic E-state index is 0.245. The van der Waals surface area contributed by atoms with Crippen LogP contribution in [0, 0.1) is 10.1 Å². The van der Waals surface area contributed by atoms with Crippen molar-refractivity contribution in [3.63, 3.8) is 0 Å². The van der Waals surface area contributed by atoms with Crippen LogP contribution in [0.25, 0.3) is 6.08 Å². The number of nitro groups is 1. The van der Waals surface area contributed by atoms with Crippen molar-refractivity contribution in [2.75, 3.05) is 0 Å². The number of furan rings is 1. The van der Waals surface area contributed by atoms with Crippen molar-refractivity contribution in [3.8, 4) is 0 Å². The molecule has 1 aromatic heterocycles. The van der Waals surface area contributed by atoms with Crippen LogP contribution in [-0.4, -0.2) is 4.92 Å². The first-order valence-corrected chi connectivity index (χ1v) is 3.66. The van der Waals surface area contributed by atoms with Crippen LogP contribution in [0.1, 0.15) is 5.76 Å². The average Bonchev–Trinajstić information content (AvgIpc) is 2.37. The van der Waals surface area contributed by atoms with Gasteiger partial charge in [0.05, 0.1) is 6.07 Å². The summed E-state index contributed by atoms with van der Waals surface area (Å²) in [5.41, 5.74) is 0. The van der Waals surface area contributed by atoms with E-state index in [1.165, 1.54) is 12.1 Å². The Bertz CT molecular complexity index is 292. The van der Waals surface area contributed by atoms with E-state index in [0.29, 0.717) is 5.76 Å². The smallest absolute Gasteiger partial charge is 0.401 e. The maximum atomic E-state index is 10.1. The number of halogens is 1. The van der Waals surface area contributed by atoms with Gasteiger partial charge in [-0.25, -0.2) is 0 Å². The molecule has 1 rings (SSSR count). The molecule has 0 aliphatic heterocycles. The molecule has 1 aromatic rings. The summed E-state index contributed by atoms with van der Waals surface area (Å²) in [7, 11) is 0. The Morgan fingerprint density at radius 2 is 2.36 bits per heavy atom. The molecule has 0 aromatic carbocycles. The summed E-state index contributed by atoms with van der Waals surface area (Å²) in [6, 6.07) is 2.83. The largest absolute Gasteiger partial charge is 0.433 e. The fourth-order valence-electron chi connectivity index (χ4n) is 0.592. The third kappa shape index (κ3) is 1.91. The first kappa shape index (κ1) is 8.00. The molecule has 0 bridgehead atoms. The Hall–Kier alpha value is -1.10. The fraction of sp³-hybridized carbons (Fsp3) is 0. The molecule has 0 amide bonds. The van der Waals surface area contributed by atoms with Gasteiger partial charge in [-0.1, -0.05) is 15.9 Å². The zero-order valence-corrected chi connectivity index (χ0v) is 6.95. The van der Waals surface area contributed by atoms with Crippen LogP contribution in [0.2, 0.25) is 0 Å². The average molecular weight is 218 g/mol. The van der Waals surface area contributed by atoms with Gasteiger partial charge in [-0.05, 0) is 17.1 Å². The molecular formula is C6H4BrNO3. The van der Waals surface area contributed by atoms with E-state index in [-0.39, 0.29) is 5.88 Å². The number of nitrogens with zero attached hydrogens (tertiary/aromatic N) is 1. The Kier molecular flexibility index (Phi) is 2.43. The summed E-state index contributed by atoms with van der Waals surface area (Å²) in [5, 5.41) is 10.1. The second-order valence-corrected chi connectivity index (χ2v) is 2.25. The molecule has 5 heteroatoms. The summed E-state index contributed by atoms with van der Waals surface area (Å²) in [4.78, 5) is 11.1. The van der Waals surface area contributed by atoms with E-state index in [1.54, 1.807) is 11.1 Å². The van der Waals surface area contributed by atoms with E-state index in [9.17, 15) is 10.1 Å². The summed E-state index contributed by atoms with van der Waals surface area (Å²) < 4.78 is 4.77. The normalized spacial score (nSPS) is 10.6. The molecule has 0 saturated carbocycles. The quantitative estimate of drug-likeness (QED) is 0.566. The van der Waals surface area contributed by atoms with Crippen molar-refractivity contribution in [1.82, 2.24) is 0 Å². The molecule has 4 nitrogen and oxygen atoms in total. The Balaban J connectivity index is 2.90. The Labute approximate surface area is 70.8 Å². The fourth-order valence-corrected chi connectivity index (χ4v) is 0.853. The van der Waals surface area contributed by atoms with Gasteiger partial charge in [-0.3, -0.25) is 10.1 Å². The van der Waals surface area contributed by atoms with E-state index in [0.717, 1.165) is 0 Å². The predicted octanol–water partition coefficient (Wildman–Crippen LogP) is 2.55. The van der Waals surface area contributed by atoms with Crippen LogP contribution in [0.3, 0.4) is 0 Å². The van der Waals surface area contributed by atoms with Crippen molar-refractivity contribution in [2.24, 2.45) is 0 Å². The van der Waals surface area contributed by atoms with E-state index >= 15 is 0 Å². The van der Waals surface area contributed by atoms with Gasteiger partial charge in [0.15, 0.2) is 0 Å². The van der Waals surface area contributed by atoms with E-state index in [1.807, 2.05) is 0 Å². The van der Waals surface area contributed by atoms with Gasteiger partial charge >= 0.3 is 5.88 Å². The van der Waals surface area contributed by atoms with Crippen LogP contribution in [-0.2, 0) is 0 Å². The Morgan fingerprint density at radius 3 is 2.82 bits per heavy atom. The van der Waals surface area contributed by atoms with E-state index in [4.69, 9.17) is 4.42 Å². The van der Waals surface area contributed by atoms with Crippen LogP contribution in [0.4, 0.5) is 5.88 Å². The lowest BCUT2D eigenvalue weighted by molar-refractivity contribution is -0.402. The van der Waals surface area contributed by atoms with Gasteiger partial charge in [0.1, 0.15) is 10.7 Å². The molecule has 0 fully saturated rings. The topological polar surface area (TPSA) is 56.3 Å². The molecule has 0 aliphatic carbocycles. The minimum atomic E-state index is -0.578. The zero-order chi connectivity index (χ0) is 8.27. The van der Waals surface area contributed by atoms with E-state index < -0.39 is 4.92 Å². The molecule has 0 unspecified atom stereocenters. The summed E-state index contributed by atoms with van der Waals surface area (Å²) in [6.07, 6.45) is 1.58. The summed E-state index contributed by atoms with van der Waals surface area (Å²) >= 11 is 3.02. The van der Waals surface area contributed by atoms with Gasteiger partial charge in [0.2, 0.25) is 0 Å². The summed E-state index contributed by atoms with van der Waals surface area (Å²) in [6.45, 7) is 0. The van der Waals surface area contributed by atoms with Crippen LogP contribution in [0.15, 0.2) is 21.5 Å². The second kappa shape index (κ2) is 3.34. The second-order valence-electron chi connectivity index (χ2n) is 1.73. The number of rotatable bonds is 2. The third-order valence-corrected chi connectivity index (χ3v) is 1.28. The number of hydrogen-bond donors (Lipinski definition) is 0. The maximum Gasteiger partial charge on any atom is 0.433 e. The lowest BCUT2D eigenvalue weighted by atomic mass is 10.4. The van der Waals surface area contributed by atoms with E-state index in [2.05, 4.69) is 15.9 Å². The molecule has 0 radical (unpaired) electrons. The van der Waals surface area contributed by atoms with Gasteiger partial charge in [0, 0.05) is 0 Å². The predicted molar refractivity (Wildman–Crippen MR) is 43.3 cm³/mol. The van der Waals surface area contributed by atoms with Gasteiger partial charge in [-0.2, -0.15) is 0 Å². The molecular weight excluding hydrogens is 214 g/mol. The molecule has 0 N–H and O–H groups in total.